The summed E-state index contributed by atoms with van der Waals surface area (Å²) < 4.78 is 13.3. The number of aromatic nitrogens is 3. The van der Waals surface area contributed by atoms with Gasteiger partial charge in [0.15, 0.2) is 0 Å². The number of nitrogens with zero attached hydrogens (tertiary/aromatic N) is 4. The van der Waals surface area contributed by atoms with Crippen LogP contribution in [0.5, 0.6) is 0 Å². The fraction of sp³-hybridized carbons (Fsp3) is 0.526. The van der Waals surface area contributed by atoms with Gasteiger partial charge in [0.2, 0.25) is 0 Å². The number of hydrogen-bond acceptors (Lipinski definition) is 5. The molecular weight excluding hydrogens is 332 g/mol. The number of rotatable bonds is 4. The standard InChI is InChI=1S/C19H24N4O3/c1-25-16-6-7-19(26-2)8-9-23(17(19)11-16)18(24)14-4-3-5-15(10-14)22-12-20-21-13-22/h3-5,10,12-13,16-17H,6-9,11H2,1-2H3/t16-,17-,19+/m1/s1. The van der Waals surface area contributed by atoms with Crippen molar-refractivity contribution in [1.82, 2.24) is 19.7 Å². The van der Waals surface area contributed by atoms with Crippen LogP contribution in [0, 0.1) is 0 Å². The Kier molecular flexibility index (Phi) is 4.50. The van der Waals surface area contributed by atoms with Crippen molar-refractivity contribution in [3.63, 3.8) is 0 Å². The van der Waals surface area contributed by atoms with E-state index in [2.05, 4.69) is 10.2 Å². The number of ether oxygens (including phenoxy) is 2. The lowest BCUT2D eigenvalue weighted by molar-refractivity contribution is -0.0893. The fourth-order valence-corrected chi connectivity index (χ4v) is 4.42. The highest BCUT2D eigenvalue weighted by atomic mass is 16.5. The molecule has 2 aromatic rings. The monoisotopic (exact) mass is 356 g/mol. The Labute approximate surface area is 152 Å². The van der Waals surface area contributed by atoms with Crippen LogP contribution >= 0.6 is 0 Å². The zero-order valence-electron chi connectivity index (χ0n) is 15.2. The second-order valence-electron chi connectivity index (χ2n) is 7.08. The quantitative estimate of drug-likeness (QED) is 0.839. The SMILES string of the molecule is CO[C@@H]1CC[C@]2(OC)CCN(C(=O)c3cccc(-n4cnnc4)c3)[C@@H]2C1. The van der Waals surface area contributed by atoms with Gasteiger partial charge in [0, 0.05) is 32.0 Å². The van der Waals surface area contributed by atoms with E-state index in [0.717, 1.165) is 31.4 Å². The maximum atomic E-state index is 13.3. The molecule has 0 radical (unpaired) electrons. The molecule has 138 valence electrons. The number of hydrogen-bond donors (Lipinski definition) is 0. The van der Waals surface area contributed by atoms with Crippen LogP contribution in [-0.4, -0.2) is 64.1 Å². The van der Waals surface area contributed by atoms with Crippen LogP contribution in [0.1, 0.15) is 36.0 Å². The van der Waals surface area contributed by atoms with Crippen LogP contribution in [0.4, 0.5) is 0 Å². The maximum Gasteiger partial charge on any atom is 0.254 e. The Hall–Kier alpha value is -2.25. The predicted octanol–water partition coefficient (Wildman–Crippen LogP) is 2.07. The summed E-state index contributed by atoms with van der Waals surface area (Å²) in [5.74, 6) is 0.0422. The molecule has 3 atom stereocenters. The van der Waals surface area contributed by atoms with Gasteiger partial charge in [-0.25, -0.2) is 0 Å². The largest absolute Gasteiger partial charge is 0.381 e. The van der Waals surface area contributed by atoms with Gasteiger partial charge in [-0.1, -0.05) is 6.07 Å². The van der Waals surface area contributed by atoms with Gasteiger partial charge in [-0.2, -0.15) is 0 Å². The molecule has 1 aliphatic heterocycles. The van der Waals surface area contributed by atoms with Crippen LogP contribution in [0.25, 0.3) is 5.69 Å². The first-order chi connectivity index (χ1) is 12.7. The first kappa shape index (κ1) is 17.2. The molecule has 26 heavy (non-hydrogen) atoms. The van der Waals surface area contributed by atoms with Gasteiger partial charge in [0.25, 0.3) is 5.91 Å². The van der Waals surface area contributed by atoms with Gasteiger partial charge in [-0.05, 0) is 43.9 Å². The van der Waals surface area contributed by atoms with Crippen molar-refractivity contribution in [1.29, 1.82) is 0 Å². The molecule has 1 aliphatic carbocycles. The summed E-state index contributed by atoms with van der Waals surface area (Å²) >= 11 is 0. The molecule has 1 aromatic heterocycles. The van der Waals surface area contributed by atoms with Crippen LogP contribution in [0.2, 0.25) is 0 Å². The van der Waals surface area contributed by atoms with E-state index in [9.17, 15) is 4.79 Å². The summed E-state index contributed by atoms with van der Waals surface area (Å²) in [6, 6.07) is 7.62. The fourth-order valence-electron chi connectivity index (χ4n) is 4.42. The zero-order chi connectivity index (χ0) is 18.1. The number of likely N-dealkylation sites (tertiary alicyclic amines) is 1. The summed E-state index contributed by atoms with van der Waals surface area (Å²) in [6.45, 7) is 0.713. The highest BCUT2D eigenvalue weighted by molar-refractivity contribution is 5.95. The molecule has 7 heteroatoms. The Morgan fingerprint density at radius 2 is 2.04 bits per heavy atom. The van der Waals surface area contributed by atoms with Gasteiger partial charge in [0.1, 0.15) is 12.7 Å². The van der Waals surface area contributed by atoms with Gasteiger partial charge < -0.3 is 14.4 Å². The molecule has 1 saturated heterocycles. The number of methoxy groups -OCH3 is 2. The third-order valence-electron chi connectivity index (χ3n) is 5.95. The summed E-state index contributed by atoms with van der Waals surface area (Å²) in [4.78, 5) is 15.2. The first-order valence-electron chi connectivity index (χ1n) is 9.01. The molecule has 0 spiro atoms. The Morgan fingerprint density at radius 3 is 2.77 bits per heavy atom. The Bertz CT molecular complexity index is 779. The van der Waals surface area contributed by atoms with E-state index >= 15 is 0 Å². The van der Waals surface area contributed by atoms with E-state index in [0.29, 0.717) is 12.1 Å². The van der Waals surface area contributed by atoms with Crippen molar-refractivity contribution in [2.75, 3.05) is 20.8 Å². The normalized spacial score (nSPS) is 28.2. The van der Waals surface area contributed by atoms with E-state index in [1.165, 1.54) is 0 Å². The van der Waals surface area contributed by atoms with Crippen molar-refractivity contribution in [3.8, 4) is 5.69 Å². The van der Waals surface area contributed by atoms with Gasteiger partial charge in [0.05, 0.1) is 17.7 Å². The summed E-state index contributed by atoms with van der Waals surface area (Å²) in [7, 11) is 3.51. The van der Waals surface area contributed by atoms with Crippen molar-refractivity contribution in [2.45, 2.75) is 43.4 Å². The van der Waals surface area contributed by atoms with E-state index in [-0.39, 0.29) is 23.7 Å². The zero-order valence-corrected chi connectivity index (χ0v) is 15.2. The molecule has 2 heterocycles. The summed E-state index contributed by atoms with van der Waals surface area (Å²) in [6.07, 6.45) is 7.03. The van der Waals surface area contributed by atoms with Crippen molar-refractivity contribution < 1.29 is 14.3 Å². The van der Waals surface area contributed by atoms with Crippen molar-refractivity contribution in [3.05, 3.63) is 42.5 Å². The second-order valence-corrected chi connectivity index (χ2v) is 7.08. The van der Waals surface area contributed by atoms with Crippen molar-refractivity contribution >= 4 is 5.91 Å². The number of benzene rings is 1. The molecule has 4 rings (SSSR count). The lowest BCUT2D eigenvalue weighted by Crippen LogP contribution is -2.53. The van der Waals surface area contributed by atoms with E-state index < -0.39 is 0 Å². The lowest BCUT2D eigenvalue weighted by Gasteiger charge is -2.43. The Morgan fingerprint density at radius 1 is 1.23 bits per heavy atom. The minimum atomic E-state index is -0.240. The van der Waals surface area contributed by atoms with Crippen molar-refractivity contribution in [2.24, 2.45) is 0 Å². The maximum absolute atomic E-state index is 13.3. The minimum Gasteiger partial charge on any atom is -0.381 e. The highest BCUT2D eigenvalue weighted by Crippen LogP contribution is 2.43. The highest BCUT2D eigenvalue weighted by Gasteiger charge is 2.52. The van der Waals surface area contributed by atoms with Crippen LogP contribution < -0.4 is 0 Å². The van der Waals surface area contributed by atoms with Crippen LogP contribution in [-0.2, 0) is 9.47 Å². The average Bonchev–Trinajstić information content (AvgIpc) is 3.35. The third kappa shape index (κ3) is 2.81. The number of fused-ring (bicyclic) bond motifs is 1. The predicted molar refractivity (Wildman–Crippen MR) is 95.2 cm³/mol. The number of carbonyl (C=O) groups excluding carboxylic acids is 1. The van der Waals surface area contributed by atoms with Gasteiger partial charge in [-0.15, -0.1) is 10.2 Å². The van der Waals surface area contributed by atoms with E-state index in [4.69, 9.17) is 9.47 Å². The van der Waals surface area contributed by atoms with Gasteiger partial charge in [-0.3, -0.25) is 9.36 Å². The summed E-state index contributed by atoms with van der Waals surface area (Å²) in [5, 5.41) is 7.66. The number of carbonyl (C=O) groups is 1. The molecule has 7 nitrogen and oxygen atoms in total. The minimum absolute atomic E-state index is 0.0422. The molecule has 2 aliphatic rings. The molecule has 0 unspecified atom stereocenters. The first-order valence-corrected chi connectivity index (χ1v) is 9.01. The molecule has 1 aromatic carbocycles. The second kappa shape index (κ2) is 6.81. The molecular formula is C19H24N4O3. The van der Waals surface area contributed by atoms with Crippen LogP contribution in [0.15, 0.2) is 36.9 Å². The molecule has 2 fully saturated rings. The molecule has 1 amide bonds. The van der Waals surface area contributed by atoms with E-state index in [1.54, 1.807) is 31.4 Å². The van der Waals surface area contributed by atoms with Gasteiger partial charge >= 0.3 is 0 Å². The van der Waals surface area contributed by atoms with Crippen LogP contribution in [0.3, 0.4) is 0 Å². The molecule has 0 N–H and O–H groups in total. The van der Waals surface area contributed by atoms with E-state index in [1.807, 2.05) is 29.2 Å². The third-order valence-corrected chi connectivity index (χ3v) is 5.95. The smallest absolute Gasteiger partial charge is 0.254 e. The Balaban J connectivity index is 1.61. The topological polar surface area (TPSA) is 69.5 Å². The molecule has 1 saturated carbocycles. The molecule has 0 bridgehead atoms. The lowest BCUT2D eigenvalue weighted by atomic mass is 9.79. The number of amides is 1. The summed E-state index contributed by atoms with van der Waals surface area (Å²) in [5.41, 5.74) is 1.30. The average molecular weight is 356 g/mol.